The summed E-state index contributed by atoms with van der Waals surface area (Å²) in [6.07, 6.45) is 0.909. The van der Waals surface area contributed by atoms with Crippen molar-refractivity contribution in [1.82, 2.24) is 9.80 Å². The molecule has 0 spiro atoms. The Bertz CT molecular complexity index is 517. The molecule has 0 unspecified atom stereocenters. The summed E-state index contributed by atoms with van der Waals surface area (Å²) in [7, 11) is 0. The van der Waals surface area contributed by atoms with E-state index >= 15 is 0 Å². The minimum Gasteiger partial charge on any atom is -0.389 e. The van der Waals surface area contributed by atoms with E-state index in [2.05, 4.69) is 22.0 Å². The molecule has 0 aliphatic carbocycles. The third kappa shape index (κ3) is 5.94. The number of hydrogen-bond acceptors (Lipinski definition) is 4. The van der Waals surface area contributed by atoms with Gasteiger partial charge in [0.25, 0.3) is 0 Å². The fourth-order valence-electron chi connectivity index (χ4n) is 3.00. The second-order valence-corrected chi connectivity index (χ2v) is 6.92. The number of amides is 1. The number of rotatable bonds is 6. The quantitative estimate of drug-likeness (QED) is 0.836. The molecule has 1 amide bonds. The highest BCUT2D eigenvalue weighted by Gasteiger charge is 2.23. The van der Waals surface area contributed by atoms with Crippen LogP contribution in [0.15, 0.2) is 24.3 Å². The third-order valence-corrected chi connectivity index (χ3v) is 4.12. The number of nitrogens with one attached hydrogen (secondary N) is 1. The molecule has 2 rings (SSSR count). The number of anilines is 1. The van der Waals surface area contributed by atoms with Crippen LogP contribution in [0.25, 0.3) is 0 Å². The molecule has 0 atom stereocenters. The lowest BCUT2D eigenvalue weighted by atomic mass is 10.1. The topological polar surface area (TPSA) is 55.8 Å². The first-order valence-corrected chi connectivity index (χ1v) is 8.42. The Balaban J connectivity index is 1.79. The van der Waals surface area contributed by atoms with Gasteiger partial charge in [-0.05, 0) is 31.9 Å². The molecule has 1 aromatic rings. The Morgan fingerprint density at radius 2 is 1.78 bits per heavy atom. The number of carbonyl (C=O) groups is 1. The standard InChI is InChI=1S/C18H29N3O2/c1-4-15-7-5-6-8-16(15)19-17(22)13-20-9-11-21(12-10-20)14-18(2,3)23/h5-8,23H,4,9-14H2,1-3H3,(H,19,22). The number of aryl methyl sites for hydroxylation is 1. The van der Waals surface area contributed by atoms with Crippen molar-refractivity contribution < 1.29 is 9.90 Å². The zero-order chi connectivity index (χ0) is 16.9. The van der Waals surface area contributed by atoms with Crippen molar-refractivity contribution in [3.63, 3.8) is 0 Å². The number of aliphatic hydroxyl groups is 1. The molecule has 1 heterocycles. The Morgan fingerprint density at radius 3 is 2.39 bits per heavy atom. The van der Waals surface area contributed by atoms with Crippen LogP contribution >= 0.6 is 0 Å². The predicted molar refractivity (Wildman–Crippen MR) is 93.6 cm³/mol. The second-order valence-electron chi connectivity index (χ2n) is 6.92. The maximum Gasteiger partial charge on any atom is 0.238 e. The summed E-state index contributed by atoms with van der Waals surface area (Å²) in [6.45, 7) is 10.4. The Labute approximate surface area is 139 Å². The zero-order valence-corrected chi connectivity index (χ0v) is 14.5. The van der Waals surface area contributed by atoms with Crippen LogP contribution in [0.1, 0.15) is 26.3 Å². The van der Waals surface area contributed by atoms with E-state index in [0.717, 1.165) is 43.9 Å². The molecule has 0 bridgehead atoms. The van der Waals surface area contributed by atoms with E-state index in [-0.39, 0.29) is 5.91 Å². The summed E-state index contributed by atoms with van der Waals surface area (Å²) in [5.41, 5.74) is 1.42. The largest absolute Gasteiger partial charge is 0.389 e. The van der Waals surface area contributed by atoms with Crippen molar-refractivity contribution in [1.29, 1.82) is 0 Å². The number of carbonyl (C=O) groups excluding carboxylic acids is 1. The van der Waals surface area contributed by atoms with Gasteiger partial charge in [0, 0.05) is 38.4 Å². The third-order valence-electron chi connectivity index (χ3n) is 4.12. The van der Waals surface area contributed by atoms with E-state index in [4.69, 9.17) is 0 Å². The van der Waals surface area contributed by atoms with Crippen LogP contribution in [0.3, 0.4) is 0 Å². The first-order chi connectivity index (χ1) is 10.9. The fraction of sp³-hybridized carbons (Fsp3) is 0.611. The minimum absolute atomic E-state index is 0.0434. The van der Waals surface area contributed by atoms with Gasteiger partial charge in [-0.3, -0.25) is 14.6 Å². The maximum absolute atomic E-state index is 12.3. The predicted octanol–water partition coefficient (Wildman–Crippen LogP) is 1.58. The monoisotopic (exact) mass is 319 g/mol. The van der Waals surface area contributed by atoms with Gasteiger partial charge in [-0.15, -0.1) is 0 Å². The van der Waals surface area contributed by atoms with Gasteiger partial charge in [-0.25, -0.2) is 0 Å². The van der Waals surface area contributed by atoms with Crippen LogP contribution in [0.5, 0.6) is 0 Å². The second kappa shape index (κ2) is 7.90. The highest BCUT2D eigenvalue weighted by Crippen LogP contribution is 2.15. The molecule has 1 aliphatic heterocycles. The normalized spacial score (nSPS) is 17.2. The van der Waals surface area contributed by atoms with Gasteiger partial charge in [-0.2, -0.15) is 0 Å². The van der Waals surface area contributed by atoms with E-state index in [1.54, 1.807) is 0 Å². The van der Waals surface area contributed by atoms with Crippen LogP contribution in [0.2, 0.25) is 0 Å². The van der Waals surface area contributed by atoms with Crippen molar-refractivity contribution in [2.75, 3.05) is 44.6 Å². The van der Waals surface area contributed by atoms with Gasteiger partial charge in [-0.1, -0.05) is 25.1 Å². The number of piperazine rings is 1. The minimum atomic E-state index is -0.663. The molecular formula is C18H29N3O2. The summed E-state index contributed by atoms with van der Waals surface area (Å²) < 4.78 is 0. The molecule has 2 N–H and O–H groups in total. The number of nitrogens with zero attached hydrogens (tertiary/aromatic N) is 2. The van der Waals surface area contributed by atoms with E-state index in [9.17, 15) is 9.90 Å². The van der Waals surface area contributed by atoms with E-state index in [1.807, 2.05) is 38.1 Å². The van der Waals surface area contributed by atoms with Gasteiger partial charge in [0.1, 0.15) is 0 Å². The van der Waals surface area contributed by atoms with Crippen molar-refractivity contribution in [2.45, 2.75) is 32.8 Å². The van der Waals surface area contributed by atoms with Crippen LogP contribution in [0, 0.1) is 0 Å². The van der Waals surface area contributed by atoms with Crippen molar-refractivity contribution in [3.05, 3.63) is 29.8 Å². The van der Waals surface area contributed by atoms with Gasteiger partial charge < -0.3 is 10.4 Å². The Morgan fingerprint density at radius 1 is 1.17 bits per heavy atom. The SMILES string of the molecule is CCc1ccccc1NC(=O)CN1CCN(CC(C)(C)O)CC1. The number of β-amino-alcohol motifs (C(OH)–C–C–N with tert-alkyl or cyclic N) is 1. The van der Waals surface area contributed by atoms with Gasteiger partial charge in [0.05, 0.1) is 12.1 Å². The molecule has 1 aliphatic rings. The van der Waals surface area contributed by atoms with Gasteiger partial charge >= 0.3 is 0 Å². The average Bonchev–Trinajstić information content (AvgIpc) is 2.48. The summed E-state index contributed by atoms with van der Waals surface area (Å²) in [4.78, 5) is 16.7. The lowest BCUT2D eigenvalue weighted by Gasteiger charge is -2.37. The molecule has 0 radical (unpaired) electrons. The molecule has 1 saturated heterocycles. The lowest BCUT2D eigenvalue weighted by molar-refractivity contribution is -0.117. The van der Waals surface area contributed by atoms with E-state index < -0.39 is 5.60 Å². The van der Waals surface area contributed by atoms with Crippen LogP contribution < -0.4 is 5.32 Å². The molecule has 1 fully saturated rings. The first kappa shape index (κ1) is 17.9. The number of benzene rings is 1. The highest BCUT2D eigenvalue weighted by atomic mass is 16.3. The maximum atomic E-state index is 12.3. The zero-order valence-electron chi connectivity index (χ0n) is 14.5. The summed E-state index contributed by atoms with van der Waals surface area (Å²) in [5, 5.41) is 12.9. The molecule has 0 saturated carbocycles. The first-order valence-electron chi connectivity index (χ1n) is 8.42. The van der Waals surface area contributed by atoms with Crippen molar-refractivity contribution in [2.24, 2.45) is 0 Å². The molecular weight excluding hydrogens is 290 g/mol. The van der Waals surface area contributed by atoms with Crippen LogP contribution in [-0.2, 0) is 11.2 Å². The smallest absolute Gasteiger partial charge is 0.238 e. The summed E-state index contributed by atoms with van der Waals surface area (Å²) in [5.74, 6) is 0.0434. The lowest BCUT2D eigenvalue weighted by Crippen LogP contribution is -2.51. The Hall–Kier alpha value is -1.43. The molecule has 5 nitrogen and oxygen atoms in total. The van der Waals surface area contributed by atoms with Crippen LogP contribution in [-0.4, -0.2) is 65.7 Å². The Kier molecular flexibility index (Phi) is 6.16. The molecule has 0 aromatic heterocycles. The summed E-state index contributed by atoms with van der Waals surface area (Å²) >= 11 is 0. The summed E-state index contributed by atoms with van der Waals surface area (Å²) in [6, 6.07) is 7.95. The van der Waals surface area contributed by atoms with Gasteiger partial charge in [0.2, 0.25) is 5.91 Å². The highest BCUT2D eigenvalue weighted by molar-refractivity contribution is 5.93. The number of para-hydroxylation sites is 1. The molecule has 23 heavy (non-hydrogen) atoms. The van der Waals surface area contributed by atoms with E-state index in [1.165, 1.54) is 0 Å². The van der Waals surface area contributed by atoms with Gasteiger partial charge in [0.15, 0.2) is 0 Å². The average molecular weight is 319 g/mol. The van der Waals surface area contributed by atoms with Crippen LogP contribution in [0.4, 0.5) is 5.69 Å². The molecule has 128 valence electrons. The van der Waals surface area contributed by atoms with E-state index in [0.29, 0.717) is 13.1 Å². The van der Waals surface area contributed by atoms with Crippen molar-refractivity contribution in [3.8, 4) is 0 Å². The fourth-order valence-corrected chi connectivity index (χ4v) is 3.00. The van der Waals surface area contributed by atoms with Crippen molar-refractivity contribution >= 4 is 11.6 Å². The number of hydrogen-bond donors (Lipinski definition) is 2. The molecule has 1 aromatic carbocycles. The molecule has 5 heteroatoms.